The number of likely N-dealkylation sites (N-methyl/N-ethyl adjacent to an activating group) is 1. The molecule has 28 heavy (non-hydrogen) atoms. The second-order valence-electron chi connectivity index (χ2n) is 8.40. The highest BCUT2D eigenvalue weighted by molar-refractivity contribution is 7.89. The molecule has 2 bridgehead atoms. The van der Waals surface area contributed by atoms with Gasteiger partial charge in [0.05, 0.1) is 7.11 Å². The number of nitrogens with zero attached hydrogens (tertiary/aromatic N) is 3. The van der Waals surface area contributed by atoms with Gasteiger partial charge in [-0.15, -0.1) is 0 Å². The molecule has 1 saturated carbocycles. The van der Waals surface area contributed by atoms with Gasteiger partial charge in [-0.1, -0.05) is 6.42 Å². The van der Waals surface area contributed by atoms with Crippen LogP contribution in [0.25, 0.3) is 0 Å². The van der Waals surface area contributed by atoms with Crippen LogP contribution >= 0.6 is 0 Å². The predicted octanol–water partition coefficient (Wildman–Crippen LogP) is 1.87. The van der Waals surface area contributed by atoms with E-state index in [0.717, 1.165) is 51.5 Å². The highest BCUT2D eigenvalue weighted by Crippen LogP contribution is 2.41. The minimum atomic E-state index is -3.79. The number of fused-ring (bicyclic) bond motifs is 2. The average Bonchev–Trinajstić information content (AvgIpc) is 2.67. The maximum absolute atomic E-state index is 13.8. The zero-order valence-corrected chi connectivity index (χ0v) is 17.5. The molecule has 0 N–H and O–H groups in total. The smallest absolute Gasteiger partial charge is 0.246 e. The number of sulfonamides is 1. The van der Waals surface area contributed by atoms with Crippen LogP contribution in [0.2, 0.25) is 0 Å². The Balaban J connectivity index is 1.58. The van der Waals surface area contributed by atoms with Gasteiger partial charge in [0.25, 0.3) is 0 Å². The summed E-state index contributed by atoms with van der Waals surface area (Å²) >= 11 is 0. The zero-order chi connectivity index (χ0) is 19.9. The lowest BCUT2D eigenvalue weighted by atomic mass is 9.73. The Morgan fingerprint density at radius 2 is 1.71 bits per heavy atom. The number of hydrogen-bond donors (Lipinski definition) is 0. The second kappa shape index (κ2) is 7.89. The van der Waals surface area contributed by atoms with Crippen LogP contribution in [-0.2, 0) is 10.0 Å². The number of ether oxygens (including phenoxy) is 1. The van der Waals surface area contributed by atoms with E-state index in [9.17, 15) is 12.8 Å². The maximum atomic E-state index is 13.8. The van der Waals surface area contributed by atoms with E-state index in [0.29, 0.717) is 31.0 Å². The SMILES string of the molecule is COc1ccc(F)cc1S(=O)(=O)N1CC2CCCC(C1)C2N1CCN(C)CC1. The maximum Gasteiger partial charge on any atom is 0.246 e. The van der Waals surface area contributed by atoms with Crippen molar-refractivity contribution < 1.29 is 17.5 Å². The van der Waals surface area contributed by atoms with E-state index < -0.39 is 15.8 Å². The molecule has 0 radical (unpaired) electrons. The molecule has 2 atom stereocenters. The third-order valence-corrected chi connectivity index (χ3v) is 8.55. The van der Waals surface area contributed by atoms with E-state index in [2.05, 4.69) is 16.8 Å². The minimum Gasteiger partial charge on any atom is -0.495 e. The third-order valence-electron chi connectivity index (χ3n) is 6.70. The van der Waals surface area contributed by atoms with E-state index in [4.69, 9.17) is 4.74 Å². The third kappa shape index (κ3) is 3.67. The molecule has 3 fully saturated rings. The van der Waals surface area contributed by atoms with Crippen LogP contribution in [0.5, 0.6) is 5.75 Å². The van der Waals surface area contributed by atoms with Crippen molar-refractivity contribution in [1.29, 1.82) is 0 Å². The van der Waals surface area contributed by atoms with Crippen molar-refractivity contribution >= 4 is 10.0 Å². The van der Waals surface area contributed by atoms with Gasteiger partial charge in [0.15, 0.2) is 0 Å². The second-order valence-corrected chi connectivity index (χ2v) is 10.3. The molecule has 156 valence electrons. The Morgan fingerprint density at radius 1 is 1.07 bits per heavy atom. The number of halogens is 1. The summed E-state index contributed by atoms with van der Waals surface area (Å²) < 4.78 is 47.3. The molecule has 8 heteroatoms. The normalized spacial score (nSPS) is 30.3. The van der Waals surface area contributed by atoms with Crippen molar-refractivity contribution in [3.05, 3.63) is 24.0 Å². The monoisotopic (exact) mass is 411 g/mol. The summed E-state index contributed by atoms with van der Waals surface area (Å²) in [6, 6.07) is 4.16. The van der Waals surface area contributed by atoms with Gasteiger partial charge in [-0.25, -0.2) is 12.8 Å². The van der Waals surface area contributed by atoms with Crippen molar-refractivity contribution in [1.82, 2.24) is 14.1 Å². The van der Waals surface area contributed by atoms with Crippen molar-refractivity contribution in [2.75, 3.05) is 53.4 Å². The fourth-order valence-electron chi connectivity index (χ4n) is 5.27. The van der Waals surface area contributed by atoms with Crippen LogP contribution in [0.4, 0.5) is 4.39 Å². The van der Waals surface area contributed by atoms with Crippen molar-refractivity contribution in [3.63, 3.8) is 0 Å². The van der Waals surface area contributed by atoms with E-state index >= 15 is 0 Å². The van der Waals surface area contributed by atoms with Gasteiger partial charge in [-0.3, -0.25) is 4.90 Å². The van der Waals surface area contributed by atoms with Crippen LogP contribution in [-0.4, -0.2) is 82.0 Å². The highest BCUT2D eigenvalue weighted by atomic mass is 32.2. The van der Waals surface area contributed by atoms with E-state index in [1.54, 1.807) is 4.31 Å². The van der Waals surface area contributed by atoms with Crippen LogP contribution in [0.1, 0.15) is 19.3 Å². The van der Waals surface area contributed by atoms with Crippen LogP contribution in [0.3, 0.4) is 0 Å². The molecule has 0 amide bonds. The summed E-state index contributed by atoms with van der Waals surface area (Å²) in [5, 5.41) is 0. The van der Waals surface area contributed by atoms with Crippen molar-refractivity contribution in [3.8, 4) is 5.75 Å². The first-order valence-corrected chi connectivity index (χ1v) is 11.6. The molecule has 1 aromatic carbocycles. The topological polar surface area (TPSA) is 53.1 Å². The van der Waals surface area contributed by atoms with E-state index in [1.807, 2.05) is 0 Å². The largest absolute Gasteiger partial charge is 0.495 e. The van der Waals surface area contributed by atoms with E-state index in [1.165, 1.54) is 19.2 Å². The number of piperidine rings is 1. The highest BCUT2D eigenvalue weighted by Gasteiger charge is 2.46. The molecule has 6 nitrogen and oxygen atoms in total. The number of hydrogen-bond acceptors (Lipinski definition) is 5. The molecule has 0 aromatic heterocycles. The van der Waals surface area contributed by atoms with Gasteiger partial charge in [0.1, 0.15) is 16.5 Å². The summed E-state index contributed by atoms with van der Waals surface area (Å²) in [4.78, 5) is 4.87. The molecule has 1 aliphatic carbocycles. The lowest BCUT2D eigenvalue weighted by Crippen LogP contribution is -2.62. The fraction of sp³-hybridized carbons (Fsp3) is 0.700. The van der Waals surface area contributed by atoms with E-state index in [-0.39, 0.29) is 10.6 Å². The first-order chi connectivity index (χ1) is 13.4. The number of benzene rings is 1. The van der Waals surface area contributed by atoms with Gasteiger partial charge in [0, 0.05) is 45.3 Å². The lowest BCUT2D eigenvalue weighted by Gasteiger charge is -2.52. The summed E-state index contributed by atoms with van der Waals surface area (Å²) in [6.45, 7) is 5.26. The summed E-state index contributed by atoms with van der Waals surface area (Å²) in [7, 11) is -0.221. The van der Waals surface area contributed by atoms with Crippen LogP contribution < -0.4 is 4.74 Å². The standard InChI is InChI=1S/C20H30FN3O3S/c1-22-8-10-23(11-9-22)20-15-4-3-5-16(20)14-24(13-15)28(25,26)19-12-17(21)6-7-18(19)27-2/h6-7,12,15-16,20H,3-5,8-11,13-14H2,1-2H3. The minimum absolute atomic E-state index is 0.0638. The quantitative estimate of drug-likeness (QED) is 0.757. The number of rotatable bonds is 4. The van der Waals surface area contributed by atoms with Crippen LogP contribution in [0, 0.1) is 17.7 Å². The molecule has 2 aliphatic heterocycles. The predicted molar refractivity (Wildman–Crippen MR) is 105 cm³/mol. The molecule has 4 rings (SSSR count). The fourth-order valence-corrected chi connectivity index (χ4v) is 6.99. The molecule has 1 aromatic rings. The summed E-state index contributed by atoms with van der Waals surface area (Å²) in [5.41, 5.74) is 0. The average molecular weight is 412 g/mol. The molecular formula is C20H30FN3O3S. The van der Waals surface area contributed by atoms with Gasteiger partial charge < -0.3 is 9.64 Å². The van der Waals surface area contributed by atoms with Crippen LogP contribution in [0.15, 0.2) is 23.1 Å². The Labute approximate surface area is 167 Å². The molecule has 2 unspecified atom stereocenters. The van der Waals surface area contributed by atoms with Gasteiger partial charge >= 0.3 is 0 Å². The summed E-state index contributed by atoms with van der Waals surface area (Å²) in [5.74, 6) is 0.315. The Kier molecular flexibility index (Phi) is 5.66. The number of piperazine rings is 1. The molecular weight excluding hydrogens is 381 g/mol. The van der Waals surface area contributed by atoms with Crippen molar-refractivity contribution in [2.24, 2.45) is 11.8 Å². The molecule has 2 saturated heterocycles. The van der Waals surface area contributed by atoms with Gasteiger partial charge in [0.2, 0.25) is 10.0 Å². The molecule has 3 aliphatic rings. The first kappa shape index (κ1) is 20.1. The lowest BCUT2D eigenvalue weighted by molar-refractivity contribution is -0.0141. The van der Waals surface area contributed by atoms with Gasteiger partial charge in [-0.05, 0) is 49.9 Å². The zero-order valence-electron chi connectivity index (χ0n) is 16.7. The Bertz CT molecular complexity index is 797. The summed E-state index contributed by atoms with van der Waals surface area (Å²) in [6.07, 6.45) is 3.27. The molecule has 2 heterocycles. The molecule has 0 spiro atoms. The Hall–Kier alpha value is -1.22. The number of methoxy groups -OCH3 is 1. The Morgan fingerprint density at radius 3 is 2.32 bits per heavy atom. The van der Waals surface area contributed by atoms with Gasteiger partial charge in [-0.2, -0.15) is 4.31 Å². The van der Waals surface area contributed by atoms with Crippen molar-refractivity contribution in [2.45, 2.75) is 30.2 Å². The first-order valence-electron chi connectivity index (χ1n) is 10.2.